The van der Waals surface area contributed by atoms with E-state index in [-0.39, 0.29) is 16.8 Å². The van der Waals surface area contributed by atoms with Crippen molar-refractivity contribution in [2.75, 3.05) is 7.05 Å². The molecule has 0 radical (unpaired) electrons. The van der Waals surface area contributed by atoms with Crippen LogP contribution in [0.3, 0.4) is 0 Å². The van der Waals surface area contributed by atoms with Gasteiger partial charge in [0.05, 0.1) is 9.95 Å². The fraction of sp³-hybridized carbons (Fsp3) is 0.214. The van der Waals surface area contributed by atoms with E-state index < -0.39 is 4.92 Å². The summed E-state index contributed by atoms with van der Waals surface area (Å²) in [6.07, 6.45) is 1.86. The van der Waals surface area contributed by atoms with Gasteiger partial charge < -0.3 is 5.32 Å². The molecule has 2 aromatic rings. The monoisotopic (exact) mass is 291 g/mol. The van der Waals surface area contributed by atoms with Gasteiger partial charge in [-0.2, -0.15) is 0 Å². The Kier molecular flexibility index (Phi) is 4.65. The number of likely N-dealkylation sites (N-methyl/N-ethyl adjacent to an activating group) is 1. The van der Waals surface area contributed by atoms with Gasteiger partial charge in [-0.05, 0) is 12.6 Å². The Labute approximate surface area is 121 Å². The van der Waals surface area contributed by atoms with Gasteiger partial charge in [-0.3, -0.25) is 15.1 Å². The Morgan fingerprint density at radius 3 is 2.70 bits per heavy atom. The summed E-state index contributed by atoms with van der Waals surface area (Å²) in [7, 11) is 1.82. The third-order valence-electron chi connectivity index (χ3n) is 3.06. The molecule has 0 saturated carbocycles. The molecule has 0 fully saturated rings. The average Bonchev–Trinajstić information content (AvgIpc) is 2.46. The second-order valence-corrected chi connectivity index (χ2v) is 4.77. The molecule has 1 unspecified atom stereocenters. The van der Waals surface area contributed by atoms with Crippen LogP contribution in [0.15, 0.2) is 42.6 Å². The molecule has 1 atom stereocenters. The molecule has 104 valence electrons. The summed E-state index contributed by atoms with van der Waals surface area (Å²) < 4.78 is 0. The van der Waals surface area contributed by atoms with Gasteiger partial charge in [0.2, 0.25) is 0 Å². The number of hydrogen-bond donors (Lipinski definition) is 1. The van der Waals surface area contributed by atoms with E-state index in [1.54, 1.807) is 0 Å². The molecular weight excluding hydrogens is 278 g/mol. The van der Waals surface area contributed by atoms with E-state index in [0.29, 0.717) is 12.1 Å². The zero-order valence-corrected chi connectivity index (χ0v) is 11.7. The molecule has 1 N–H and O–H groups in total. The maximum absolute atomic E-state index is 11.1. The van der Waals surface area contributed by atoms with Crippen LogP contribution in [0.4, 0.5) is 5.69 Å². The molecule has 2 rings (SSSR count). The van der Waals surface area contributed by atoms with Gasteiger partial charge in [0.1, 0.15) is 5.69 Å². The van der Waals surface area contributed by atoms with Crippen LogP contribution in [-0.2, 0) is 6.42 Å². The summed E-state index contributed by atoms with van der Waals surface area (Å²) in [5, 5.41) is 14.5. The summed E-state index contributed by atoms with van der Waals surface area (Å²) in [5.41, 5.74) is 1.43. The Hall–Kier alpha value is -1.98. The van der Waals surface area contributed by atoms with Crippen molar-refractivity contribution in [1.82, 2.24) is 10.3 Å². The quantitative estimate of drug-likeness (QED) is 0.679. The molecule has 5 nitrogen and oxygen atoms in total. The first-order chi connectivity index (χ1) is 9.61. The molecule has 0 aliphatic carbocycles. The highest BCUT2D eigenvalue weighted by Gasteiger charge is 2.20. The van der Waals surface area contributed by atoms with Crippen molar-refractivity contribution in [2.45, 2.75) is 12.5 Å². The molecule has 0 amide bonds. The van der Waals surface area contributed by atoms with Crippen LogP contribution in [0.1, 0.15) is 17.3 Å². The molecule has 6 heteroatoms. The van der Waals surface area contributed by atoms with Gasteiger partial charge in [0, 0.05) is 24.7 Å². The summed E-state index contributed by atoms with van der Waals surface area (Å²) >= 11 is 5.77. The zero-order valence-electron chi connectivity index (χ0n) is 10.9. The normalized spacial score (nSPS) is 12.1. The van der Waals surface area contributed by atoms with E-state index in [1.807, 2.05) is 37.4 Å². The van der Waals surface area contributed by atoms with E-state index in [4.69, 9.17) is 11.6 Å². The van der Waals surface area contributed by atoms with Gasteiger partial charge in [-0.15, -0.1) is 0 Å². The molecule has 0 saturated heterocycles. The number of nitro groups is 1. The van der Waals surface area contributed by atoms with Crippen LogP contribution < -0.4 is 5.32 Å². The van der Waals surface area contributed by atoms with Gasteiger partial charge in [-0.25, -0.2) is 0 Å². The van der Waals surface area contributed by atoms with Crippen molar-refractivity contribution in [3.8, 4) is 0 Å². The summed E-state index contributed by atoms with van der Waals surface area (Å²) in [4.78, 5) is 14.7. The number of nitrogens with one attached hydrogen (secondary N) is 1. The van der Waals surface area contributed by atoms with Gasteiger partial charge >= 0.3 is 0 Å². The van der Waals surface area contributed by atoms with Crippen molar-refractivity contribution < 1.29 is 4.92 Å². The standard InChI is InChI=1S/C14H14ClN3O2/c1-16-12(10-5-3-2-4-6-10)8-13-14(18(19)20)7-11(15)9-17-13/h2-7,9,12,16H,8H2,1H3. The average molecular weight is 292 g/mol. The van der Waals surface area contributed by atoms with Crippen LogP contribution in [0.2, 0.25) is 5.02 Å². The van der Waals surface area contributed by atoms with Crippen molar-refractivity contribution in [2.24, 2.45) is 0 Å². The Bertz CT molecular complexity index is 605. The SMILES string of the molecule is CNC(Cc1ncc(Cl)cc1[N+](=O)[O-])c1ccccc1. The zero-order chi connectivity index (χ0) is 14.5. The molecular formula is C14H14ClN3O2. The molecule has 20 heavy (non-hydrogen) atoms. The van der Waals surface area contributed by atoms with E-state index in [9.17, 15) is 10.1 Å². The van der Waals surface area contributed by atoms with Crippen LogP contribution in [-0.4, -0.2) is 17.0 Å². The first kappa shape index (κ1) is 14.4. The Morgan fingerprint density at radius 1 is 1.40 bits per heavy atom. The molecule has 1 aromatic heterocycles. The van der Waals surface area contributed by atoms with Gasteiger partial charge in [0.25, 0.3) is 5.69 Å². The predicted octanol–water partition coefficient (Wildman–Crippen LogP) is 3.15. The van der Waals surface area contributed by atoms with E-state index in [2.05, 4.69) is 10.3 Å². The molecule has 0 aliphatic heterocycles. The van der Waals surface area contributed by atoms with Crippen molar-refractivity contribution in [3.63, 3.8) is 0 Å². The molecule has 1 aromatic carbocycles. The maximum atomic E-state index is 11.1. The minimum Gasteiger partial charge on any atom is -0.313 e. The number of benzene rings is 1. The minimum atomic E-state index is -0.452. The van der Waals surface area contributed by atoms with Crippen molar-refractivity contribution >= 4 is 17.3 Å². The number of pyridine rings is 1. The lowest BCUT2D eigenvalue weighted by Crippen LogP contribution is -2.19. The number of nitrogens with zero attached hydrogens (tertiary/aromatic N) is 2. The first-order valence-electron chi connectivity index (χ1n) is 6.13. The first-order valence-corrected chi connectivity index (χ1v) is 6.50. The van der Waals surface area contributed by atoms with Crippen LogP contribution in [0.25, 0.3) is 0 Å². The smallest absolute Gasteiger partial charge is 0.292 e. The summed E-state index contributed by atoms with van der Waals surface area (Å²) in [6, 6.07) is 11.0. The minimum absolute atomic E-state index is 0.0384. The van der Waals surface area contributed by atoms with E-state index in [0.717, 1.165) is 5.56 Å². The molecule has 0 spiro atoms. The second-order valence-electron chi connectivity index (χ2n) is 4.33. The van der Waals surface area contributed by atoms with Crippen molar-refractivity contribution in [1.29, 1.82) is 0 Å². The van der Waals surface area contributed by atoms with Crippen LogP contribution in [0, 0.1) is 10.1 Å². The fourth-order valence-electron chi connectivity index (χ4n) is 2.04. The lowest BCUT2D eigenvalue weighted by atomic mass is 10.0. The maximum Gasteiger partial charge on any atom is 0.292 e. The third-order valence-corrected chi connectivity index (χ3v) is 3.27. The number of rotatable bonds is 5. The Morgan fingerprint density at radius 2 is 2.10 bits per heavy atom. The second kappa shape index (κ2) is 6.45. The highest BCUT2D eigenvalue weighted by atomic mass is 35.5. The molecule has 0 aliphatic rings. The molecule has 0 bridgehead atoms. The van der Waals surface area contributed by atoms with Gasteiger partial charge in [0.15, 0.2) is 0 Å². The lowest BCUT2D eigenvalue weighted by molar-refractivity contribution is -0.386. The number of hydrogen-bond acceptors (Lipinski definition) is 4. The summed E-state index contributed by atoms with van der Waals surface area (Å²) in [5.74, 6) is 0. The van der Waals surface area contributed by atoms with Crippen LogP contribution >= 0.6 is 11.6 Å². The highest BCUT2D eigenvalue weighted by molar-refractivity contribution is 6.30. The third kappa shape index (κ3) is 3.31. The summed E-state index contributed by atoms with van der Waals surface area (Å²) in [6.45, 7) is 0. The van der Waals surface area contributed by atoms with Crippen LogP contribution in [0.5, 0.6) is 0 Å². The molecule has 1 heterocycles. The van der Waals surface area contributed by atoms with Crippen molar-refractivity contribution in [3.05, 3.63) is 69.0 Å². The number of halogens is 1. The topological polar surface area (TPSA) is 68.1 Å². The number of aromatic nitrogens is 1. The van der Waals surface area contributed by atoms with E-state index in [1.165, 1.54) is 12.3 Å². The van der Waals surface area contributed by atoms with E-state index >= 15 is 0 Å². The lowest BCUT2D eigenvalue weighted by Gasteiger charge is -2.16. The predicted molar refractivity (Wildman–Crippen MR) is 77.8 cm³/mol. The Balaban J connectivity index is 2.31. The van der Waals surface area contributed by atoms with Gasteiger partial charge in [-0.1, -0.05) is 41.9 Å². The highest BCUT2D eigenvalue weighted by Crippen LogP contribution is 2.25. The largest absolute Gasteiger partial charge is 0.313 e. The fourth-order valence-corrected chi connectivity index (χ4v) is 2.19.